The normalized spacial score (nSPS) is 19.1. The molecule has 0 aliphatic carbocycles. The Morgan fingerprint density at radius 3 is 2.25 bits per heavy atom. The molecule has 1 unspecified atom stereocenters. The lowest BCUT2D eigenvalue weighted by molar-refractivity contribution is -0.132. The topological polar surface area (TPSA) is 20.3 Å². The highest BCUT2D eigenvalue weighted by molar-refractivity contribution is 5.77. The monoisotopic (exact) mass is 265 g/mol. The average molecular weight is 265 g/mol. The Hall–Kier alpha value is -2.09. The van der Waals surface area contributed by atoms with Gasteiger partial charge in [-0.2, -0.15) is 0 Å². The van der Waals surface area contributed by atoms with Crippen LogP contribution in [0.5, 0.6) is 0 Å². The van der Waals surface area contributed by atoms with Crippen LogP contribution in [0.15, 0.2) is 54.6 Å². The molecule has 0 saturated carbocycles. The first-order valence-electron chi connectivity index (χ1n) is 7.13. The van der Waals surface area contributed by atoms with E-state index in [-0.39, 0.29) is 5.91 Å². The molecule has 0 aromatic heterocycles. The van der Waals surface area contributed by atoms with Gasteiger partial charge < -0.3 is 4.90 Å². The third-order valence-corrected chi connectivity index (χ3v) is 4.15. The number of benzene rings is 2. The van der Waals surface area contributed by atoms with Crippen LogP contribution in [0.25, 0.3) is 11.1 Å². The highest BCUT2D eigenvalue weighted by Crippen LogP contribution is 2.29. The molecule has 1 heterocycles. The summed E-state index contributed by atoms with van der Waals surface area (Å²) in [5.74, 6) is 0.636. The number of carbonyl (C=O) groups is 1. The van der Waals surface area contributed by atoms with E-state index in [0.717, 1.165) is 13.0 Å². The molecule has 0 N–H and O–H groups in total. The van der Waals surface area contributed by atoms with Gasteiger partial charge in [0.05, 0.1) is 0 Å². The molecule has 102 valence electrons. The number of amides is 1. The van der Waals surface area contributed by atoms with Crippen LogP contribution >= 0.6 is 0 Å². The van der Waals surface area contributed by atoms with Crippen molar-refractivity contribution in [1.29, 1.82) is 0 Å². The Kier molecular flexibility index (Phi) is 3.55. The second kappa shape index (κ2) is 5.49. The Morgan fingerprint density at radius 1 is 0.950 bits per heavy atom. The highest BCUT2D eigenvalue weighted by atomic mass is 16.2. The van der Waals surface area contributed by atoms with Gasteiger partial charge in [-0.3, -0.25) is 4.79 Å². The Labute approximate surface area is 120 Å². The number of carbonyl (C=O) groups excluding carboxylic acids is 1. The molecule has 1 aliphatic heterocycles. The van der Waals surface area contributed by atoms with Gasteiger partial charge in [-0.25, -0.2) is 0 Å². The van der Waals surface area contributed by atoms with Crippen LogP contribution in [0.3, 0.4) is 0 Å². The maximum absolute atomic E-state index is 11.8. The van der Waals surface area contributed by atoms with Gasteiger partial charge in [-0.1, -0.05) is 54.6 Å². The molecule has 1 aliphatic rings. The quantitative estimate of drug-likeness (QED) is 0.811. The zero-order chi connectivity index (χ0) is 13.9. The highest BCUT2D eigenvalue weighted by Gasteiger charge is 2.24. The molecule has 0 radical (unpaired) electrons. The number of hydrogen-bond donors (Lipinski definition) is 0. The van der Waals surface area contributed by atoms with E-state index >= 15 is 0 Å². The molecule has 1 fully saturated rings. The number of likely N-dealkylation sites (tertiary alicyclic amines) is 1. The minimum Gasteiger partial charge on any atom is -0.346 e. The summed E-state index contributed by atoms with van der Waals surface area (Å²) < 4.78 is 0. The molecule has 1 amide bonds. The molecule has 2 nitrogen and oxygen atoms in total. The molecule has 2 heteroatoms. The van der Waals surface area contributed by atoms with Gasteiger partial charge in [0, 0.05) is 20.0 Å². The molecule has 1 saturated heterocycles. The van der Waals surface area contributed by atoms with Crippen molar-refractivity contribution in [2.24, 2.45) is 0 Å². The Morgan fingerprint density at radius 2 is 1.60 bits per heavy atom. The Bertz CT molecular complexity index is 589. The van der Waals surface area contributed by atoms with Gasteiger partial charge in [-0.15, -0.1) is 0 Å². The summed E-state index contributed by atoms with van der Waals surface area (Å²) in [5.41, 5.74) is 3.75. The number of rotatable bonds is 2. The van der Waals surface area contributed by atoms with Crippen LogP contribution in [0.4, 0.5) is 0 Å². The zero-order valence-electron chi connectivity index (χ0n) is 11.8. The largest absolute Gasteiger partial charge is 0.346 e. The van der Waals surface area contributed by atoms with Crippen LogP contribution in [-0.2, 0) is 4.79 Å². The van der Waals surface area contributed by atoms with Crippen LogP contribution < -0.4 is 0 Å². The van der Waals surface area contributed by atoms with Crippen molar-refractivity contribution in [2.45, 2.75) is 18.8 Å². The summed E-state index contributed by atoms with van der Waals surface area (Å²) in [6, 6.07) is 19.0. The van der Waals surface area contributed by atoms with Crippen molar-refractivity contribution < 1.29 is 4.79 Å². The molecule has 0 bridgehead atoms. The summed E-state index contributed by atoms with van der Waals surface area (Å²) in [5, 5.41) is 0. The van der Waals surface area contributed by atoms with Gasteiger partial charge in [0.25, 0.3) is 0 Å². The average Bonchev–Trinajstić information content (AvgIpc) is 2.51. The number of piperidine rings is 1. The number of hydrogen-bond acceptors (Lipinski definition) is 1. The molecular formula is C18H19NO. The first-order chi connectivity index (χ1) is 9.74. The molecule has 1 atom stereocenters. The minimum atomic E-state index is 0.258. The molecule has 3 rings (SSSR count). The molecule has 2 aromatic carbocycles. The SMILES string of the molecule is CN1CCC(c2ccc(-c3ccccc3)cc2)CC1=O. The lowest BCUT2D eigenvalue weighted by Gasteiger charge is -2.29. The fraction of sp³-hybridized carbons (Fsp3) is 0.278. The van der Waals surface area contributed by atoms with Gasteiger partial charge in [0.2, 0.25) is 5.91 Å². The van der Waals surface area contributed by atoms with Crippen molar-refractivity contribution in [3.05, 3.63) is 60.2 Å². The molecule has 0 spiro atoms. The summed E-state index contributed by atoms with van der Waals surface area (Å²) in [7, 11) is 1.89. The molecule has 20 heavy (non-hydrogen) atoms. The maximum Gasteiger partial charge on any atom is 0.222 e. The van der Waals surface area contributed by atoms with Crippen molar-refractivity contribution in [3.63, 3.8) is 0 Å². The van der Waals surface area contributed by atoms with E-state index in [2.05, 4.69) is 48.5 Å². The maximum atomic E-state index is 11.8. The summed E-state index contributed by atoms with van der Waals surface area (Å²) in [4.78, 5) is 13.6. The van der Waals surface area contributed by atoms with Crippen molar-refractivity contribution in [3.8, 4) is 11.1 Å². The number of nitrogens with zero attached hydrogens (tertiary/aromatic N) is 1. The van der Waals surface area contributed by atoms with E-state index in [1.807, 2.05) is 18.0 Å². The van der Waals surface area contributed by atoms with Gasteiger partial charge in [0.1, 0.15) is 0 Å². The van der Waals surface area contributed by atoms with Crippen molar-refractivity contribution >= 4 is 5.91 Å². The smallest absolute Gasteiger partial charge is 0.222 e. The van der Waals surface area contributed by atoms with E-state index in [0.29, 0.717) is 12.3 Å². The Balaban J connectivity index is 1.78. The van der Waals surface area contributed by atoms with Crippen LogP contribution in [0.1, 0.15) is 24.3 Å². The van der Waals surface area contributed by atoms with E-state index in [1.165, 1.54) is 16.7 Å². The second-order valence-corrected chi connectivity index (χ2v) is 5.49. The first-order valence-corrected chi connectivity index (χ1v) is 7.13. The predicted octanol–water partition coefficient (Wildman–Crippen LogP) is 3.69. The van der Waals surface area contributed by atoms with Gasteiger partial charge >= 0.3 is 0 Å². The predicted molar refractivity (Wildman–Crippen MR) is 81.5 cm³/mol. The van der Waals surface area contributed by atoms with Crippen molar-refractivity contribution in [1.82, 2.24) is 4.90 Å². The first kappa shape index (κ1) is 12.9. The van der Waals surface area contributed by atoms with Crippen LogP contribution in [-0.4, -0.2) is 24.4 Å². The fourth-order valence-electron chi connectivity index (χ4n) is 2.81. The van der Waals surface area contributed by atoms with Crippen LogP contribution in [0.2, 0.25) is 0 Å². The molecular weight excluding hydrogens is 246 g/mol. The second-order valence-electron chi connectivity index (χ2n) is 5.49. The third-order valence-electron chi connectivity index (χ3n) is 4.15. The van der Waals surface area contributed by atoms with Crippen LogP contribution in [0, 0.1) is 0 Å². The lowest BCUT2D eigenvalue weighted by atomic mass is 9.88. The zero-order valence-corrected chi connectivity index (χ0v) is 11.8. The molecule has 2 aromatic rings. The summed E-state index contributed by atoms with van der Waals surface area (Å²) in [6.07, 6.45) is 1.70. The van der Waals surface area contributed by atoms with E-state index < -0.39 is 0 Å². The van der Waals surface area contributed by atoms with E-state index in [9.17, 15) is 4.79 Å². The summed E-state index contributed by atoms with van der Waals surface area (Å²) >= 11 is 0. The standard InChI is InChI=1S/C18H19NO/c1-19-12-11-17(13-18(19)20)16-9-7-15(8-10-16)14-5-3-2-4-6-14/h2-10,17H,11-13H2,1H3. The third kappa shape index (κ3) is 2.60. The van der Waals surface area contributed by atoms with E-state index in [4.69, 9.17) is 0 Å². The lowest BCUT2D eigenvalue weighted by Crippen LogP contribution is -2.34. The minimum absolute atomic E-state index is 0.258. The van der Waals surface area contributed by atoms with E-state index in [1.54, 1.807) is 0 Å². The van der Waals surface area contributed by atoms with Gasteiger partial charge in [-0.05, 0) is 29.0 Å². The summed E-state index contributed by atoms with van der Waals surface area (Å²) in [6.45, 7) is 0.865. The fourth-order valence-corrected chi connectivity index (χ4v) is 2.81. The van der Waals surface area contributed by atoms with Crippen molar-refractivity contribution in [2.75, 3.05) is 13.6 Å². The van der Waals surface area contributed by atoms with Gasteiger partial charge in [0.15, 0.2) is 0 Å².